The molecule has 1 aliphatic rings. The number of hydrogen-bond acceptors (Lipinski definition) is 7. The molecule has 2 aromatic heterocycles. The molecule has 1 saturated heterocycles. The van der Waals surface area contributed by atoms with Gasteiger partial charge in [-0.1, -0.05) is 23.9 Å². The third kappa shape index (κ3) is 5.70. The number of piperidine rings is 1. The maximum absolute atomic E-state index is 13.6. The van der Waals surface area contributed by atoms with E-state index in [1.54, 1.807) is 23.0 Å². The van der Waals surface area contributed by atoms with E-state index in [0.717, 1.165) is 35.4 Å². The van der Waals surface area contributed by atoms with Gasteiger partial charge in [-0.3, -0.25) is 14.3 Å². The van der Waals surface area contributed by atoms with Gasteiger partial charge in [0.15, 0.2) is 5.16 Å². The van der Waals surface area contributed by atoms with Crippen LogP contribution in [-0.2, 0) is 16.1 Å². The molecular weight excluding hydrogens is 469 g/mol. The number of halogens is 1. The number of hydrogen-bond donors (Lipinski definition) is 0. The number of carbonyl (C=O) groups excluding carboxylic acids is 2. The molecule has 8 nitrogen and oxygen atoms in total. The molecule has 0 bridgehead atoms. The van der Waals surface area contributed by atoms with Gasteiger partial charge in [0.1, 0.15) is 11.5 Å². The van der Waals surface area contributed by atoms with Crippen molar-refractivity contribution >= 4 is 23.6 Å². The monoisotopic (exact) mass is 497 g/mol. The molecule has 0 radical (unpaired) electrons. The van der Waals surface area contributed by atoms with Crippen molar-refractivity contribution in [2.45, 2.75) is 44.3 Å². The van der Waals surface area contributed by atoms with Crippen LogP contribution in [0.15, 0.2) is 41.7 Å². The first-order valence-corrected chi connectivity index (χ1v) is 12.5. The Morgan fingerprint density at radius 2 is 2.03 bits per heavy atom. The Hall–Kier alpha value is -3.27. The van der Waals surface area contributed by atoms with Gasteiger partial charge in [0.25, 0.3) is 5.91 Å². The largest absolute Gasteiger partial charge is 0.468 e. The molecule has 4 rings (SSSR count). The quantitative estimate of drug-likeness (QED) is 0.276. The predicted molar refractivity (Wildman–Crippen MR) is 131 cm³/mol. The summed E-state index contributed by atoms with van der Waals surface area (Å²) in [5.74, 6) is -0.664. The number of amides is 1. The zero-order chi connectivity index (χ0) is 24.9. The lowest BCUT2D eigenvalue weighted by Crippen LogP contribution is -2.40. The predicted octanol–water partition coefficient (Wildman–Crippen LogP) is 4.09. The Kier molecular flexibility index (Phi) is 7.80. The molecule has 10 heteroatoms. The molecule has 1 aromatic carbocycles. The number of thioether (sulfide) groups is 1. The lowest BCUT2D eigenvalue weighted by molar-refractivity contribution is -0.137. The molecule has 1 amide bonds. The highest BCUT2D eigenvalue weighted by Gasteiger charge is 2.30. The van der Waals surface area contributed by atoms with Crippen molar-refractivity contribution in [3.8, 4) is 11.1 Å². The standard InChI is InChI=1S/C25H28FN5O3S/c1-4-31-21(12-16(2)29-31)24(33)30-11-5-6-18(14-30)23-20(17-7-9-19(26)10-8-17)13-27-25(28-23)35-15-22(32)34-3/h7-10,12-13,18H,4-6,11,14-15H2,1-3H3/t18-/m1/s1. The fraction of sp³-hybridized carbons (Fsp3) is 0.400. The van der Waals surface area contributed by atoms with Gasteiger partial charge in [-0.2, -0.15) is 5.10 Å². The molecule has 184 valence electrons. The van der Waals surface area contributed by atoms with E-state index in [0.29, 0.717) is 30.5 Å². The van der Waals surface area contributed by atoms with Crippen LogP contribution in [0.3, 0.4) is 0 Å². The molecule has 3 aromatic rings. The van der Waals surface area contributed by atoms with Crippen LogP contribution in [0.5, 0.6) is 0 Å². The number of esters is 1. The topological polar surface area (TPSA) is 90.2 Å². The van der Waals surface area contributed by atoms with Gasteiger partial charge in [-0.05, 0) is 50.5 Å². The van der Waals surface area contributed by atoms with Crippen LogP contribution < -0.4 is 0 Å². The number of carbonyl (C=O) groups is 2. The Labute approximate surface area is 207 Å². The number of aryl methyl sites for hydroxylation is 2. The first-order chi connectivity index (χ1) is 16.9. The van der Waals surface area contributed by atoms with E-state index >= 15 is 0 Å². The van der Waals surface area contributed by atoms with Crippen molar-refractivity contribution in [1.29, 1.82) is 0 Å². The summed E-state index contributed by atoms with van der Waals surface area (Å²) in [4.78, 5) is 36.1. The number of nitrogens with zero attached hydrogens (tertiary/aromatic N) is 5. The van der Waals surface area contributed by atoms with Gasteiger partial charge in [-0.25, -0.2) is 14.4 Å². The second kappa shape index (κ2) is 11.0. The molecule has 0 aliphatic carbocycles. The van der Waals surface area contributed by atoms with Gasteiger partial charge < -0.3 is 9.64 Å². The van der Waals surface area contributed by atoms with Crippen LogP contribution in [0, 0.1) is 12.7 Å². The molecule has 0 N–H and O–H groups in total. The minimum Gasteiger partial charge on any atom is -0.468 e. The summed E-state index contributed by atoms with van der Waals surface area (Å²) in [6.07, 6.45) is 3.39. The highest BCUT2D eigenvalue weighted by Crippen LogP contribution is 2.34. The molecular formula is C25H28FN5O3S. The Morgan fingerprint density at radius 3 is 2.74 bits per heavy atom. The van der Waals surface area contributed by atoms with Gasteiger partial charge in [-0.15, -0.1) is 0 Å². The van der Waals surface area contributed by atoms with Gasteiger partial charge in [0.2, 0.25) is 0 Å². The van der Waals surface area contributed by atoms with Crippen molar-refractivity contribution < 1.29 is 18.7 Å². The maximum Gasteiger partial charge on any atom is 0.316 e. The highest BCUT2D eigenvalue weighted by atomic mass is 32.2. The summed E-state index contributed by atoms with van der Waals surface area (Å²) < 4.78 is 20.0. The highest BCUT2D eigenvalue weighted by molar-refractivity contribution is 7.99. The number of aromatic nitrogens is 4. The van der Waals surface area contributed by atoms with E-state index < -0.39 is 0 Å². The summed E-state index contributed by atoms with van der Waals surface area (Å²) in [6, 6.07) is 8.04. The van der Waals surface area contributed by atoms with Crippen molar-refractivity contribution in [2.75, 3.05) is 26.0 Å². The third-order valence-corrected chi connectivity index (χ3v) is 6.85. The fourth-order valence-electron chi connectivity index (χ4n) is 4.30. The van der Waals surface area contributed by atoms with E-state index in [-0.39, 0.29) is 29.4 Å². The van der Waals surface area contributed by atoms with E-state index in [1.807, 2.05) is 24.8 Å². The zero-order valence-corrected chi connectivity index (χ0v) is 20.8. The first kappa shape index (κ1) is 24.8. The number of benzene rings is 1. The average Bonchev–Trinajstić information content (AvgIpc) is 3.27. The third-order valence-electron chi connectivity index (χ3n) is 6.01. The van der Waals surface area contributed by atoms with Crippen LogP contribution in [-0.4, -0.2) is 62.5 Å². The lowest BCUT2D eigenvalue weighted by Gasteiger charge is -2.33. The average molecular weight is 498 g/mol. The number of rotatable bonds is 7. The normalized spacial score (nSPS) is 15.8. The summed E-state index contributed by atoms with van der Waals surface area (Å²) in [6.45, 7) is 5.62. The molecule has 3 heterocycles. The summed E-state index contributed by atoms with van der Waals surface area (Å²) >= 11 is 1.20. The smallest absolute Gasteiger partial charge is 0.316 e. The zero-order valence-electron chi connectivity index (χ0n) is 20.0. The number of ether oxygens (including phenoxy) is 1. The Bertz CT molecular complexity index is 1210. The van der Waals surface area contributed by atoms with E-state index in [1.165, 1.54) is 31.0 Å². The second-order valence-corrected chi connectivity index (χ2v) is 9.34. The minimum absolute atomic E-state index is 0.0349. The molecule has 1 aliphatic heterocycles. The van der Waals surface area contributed by atoms with Crippen LogP contribution in [0.2, 0.25) is 0 Å². The summed E-state index contributed by atoms with van der Waals surface area (Å²) in [7, 11) is 1.34. The van der Waals surface area contributed by atoms with Gasteiger partial charge in [0.05, 0.1) is 24.3 Å². The Balaban J connectivity index is 1.65. The molecule has 1 fully saturated rings. The fourth-order valence-corrected chi connectivity index (χ4v) is 4.95. The maximum atomic E-state index is 13.6. The van der Waals surface area contributed by atoms with Crippen LogP contribution in [0.4, 0.5) is 4.39 Å². The number of likely N-dealkylation sites (tertiary alicyclic amines) is 1. The molecule has 0 saturated carbocycles. The van der Waals surface area contributed by atoms with Crippen molar-refractivity contribution in [3.63, 3.8) is 0 Å². The molecule has 0 unspecified atom stereocenters. The lowest BCUT2D eigenvalue weighted by atomic mass is 9.90. The van der Waals surface area contributed by atoms with Crippen LogP contribution >= 0.6 is 11.8 Å². The van der Waals surface area contributed by atoms with Crippen molar-refractivity contribution in [3.05, 3.63) is 59.4 Å². The van der Waals surface area contributed by atoms with Crippen molar-refractivity contribution in [2.24, 2.45) is 0 Å². The number of methoxy groups -OCH3 is 1. The van der Waals surface area contributed by atoms with E-state index in [4.69, 9.17) is 9.72 Å². The van der Waals surface area contributed by atoms with Crippen molar-refractivity contribution in [1.82, 2.24) is 24.6 Å². The SMILES string of the molecule is CCn1nc(C)cc1C(=O)N1CCC[C@@H](c2nc(SCC(=O)OC)ncc2-c2ccc(F)cc2)C1. The first-order valence-electron chi connectivity index (χ1n) is 11.6. The van der Waals surface area contributed by atoms with Crippen LogP contribution in [0.1, 0.15) is 47.6 Å². The van der Waals surface area contributed by atoms with Gasteiger partial charge >= 0.3 is 5.97 Å². The Morgan fingerprint density at radius 1 is 1.26 bits per heavy atom. The molecule has 1 atom stereocenters. The van der Waals surface area contributed by atoms with E-state index in [2.05, 4.69) is 10.1 Å². The molecule has 0 spiro atoms. The van der Waals surface area contributed by atoms with Crippen LogP contribution in [0.25, 0.3) is 11.1 Å². The summed E-state index contributed by atoms with van der Waals surface area (Å²) in [5.41, 5.74) is 3.78. The van der Waals surface area contributed by atoms with E-state index in [9.17, 15) is 14.0 Å². The molecule has 35 heavy (non-hydrogen) atoms. The minimum atomic E-state index is -0.361. The van der Waals surface area contributed by atoms with Gasteiger partial charge in [0, 0.05) is 37.3 Å². The second-order valence-electron chi connectivity index (χ2n) is 8.40. The summed E-state index contributed by atoms with van der Waals surface area (Å²) in [5, 5.41) is 4.87.